The zero-order chi connectivity index (χ0) is 20.5. The Morgan fingerprint density at radius 3 is 1.89 bits per heavy atom. The summed E-state index contributed by atoms with van der Waals surface area (Å²) in [4.78, 5) is 12.2. The Balaban J connectivity index is 2.25. The maximum Gasteiger partial charge on any atom is 0.339 e. The van der Waals surface area contributed by atoms with Gasteiger partial charge in [0.1, 0.15) is 16.4 Å². The molecular weight excluding hydrogens is 380 g/mol. The molecule has 3 rings (SSSR count). The van der Waals surface area contributed by atoms with E-state index in [9.17, 15) is 13.2 Å². The Morgan fingerprint density at radius 2 is 1.32 bits per heavy atom. The van der Waals surface area contributed by atoms with Crippen LogP contribution in [0.1, 0.15) is 22.8 Å². The van der Waals surface area contributed by atoms with Crippen LogP contribution in [0.5, 0.6) is 17.2 Å². The van der Waals surface area contributed by atoms with Crippen molar-refractivity contribution >= 4 is 26.7 Å². The Kier molecular flexibility index (Phi) is 5.29. The Morgan fingerprint density at radius 1 is 0.786 bits per heavy atom. The highest BCUT2D eigenvalue weighted by Crippen LogP contribution is 2.42. The number of carbonyl (C=O) groups excluding carboxylic acids is 1. The van der Waals surface area contributed by atoms with Gasteiger partial charge in [-0.2, -0.15) is 8.42 Å². The second kappa shape index (κ2) is 7.52. The van der Waals surface area contributed by atoms with Gasteiger partial charge in [-0.25, -0.2) is 0 Å². The average molecular weight is 400 g/mol. The third kappa shape index (κ3) is 3.53. The molecule has 3 aromatic carbocycles. The van der Waals surface area contributed by atoms with E-state index in [-0.39, 0.29) is 16.4 Å². The maximum absolute atomic E-state index is 12.8. The molecular formula is C21H20O6S. The van der Waals surface area contributed by atoms with Crippen molar-refractivity contribution in [2.24, 2.45) is 0 Å². The summed E-state index contributed by atoms with van der Waals surface area (Å²) in [7, 11) is -1.15. The molecule has 0 amide bonds. The minimum Gasteiger partial charge on any atom is -0.496 e. The van der Waals surface area contributed by atoms with Gasteiger partial charge in [-0.15, -0.1) is 0 Å². The summed E-state index contributed by atoms with van der Waals surface area (Å²) in [5.41, 5.74) is 1.31. The van der Waals surface area contributed by atoms with Crippen LogP contribution in [0.2, 0.25) is 0 Å². The predicted octanol–water partition coefficient (Wildman–Crippen LogP) is 4.14. The summed E-state index contributed by atoms with van der Waals surface area (Å²) in [6.45, 7) is 3.29. The van der Waals surface area contributed by atoms with Crippen LogP contribution < -0.4 is 13.7 Å². The van der Waals surface area contributed by atoms with Gasteiger partial charge < -0.3 is 13.7 Å². The van der Waals surface area contributed by atoms with Gasteiger partial charge in [0.25, 0.3) is 0 Å². The Labute approximate surface area is 163 Å². The normalized spacial score (nSPS) is 11.3. The number of benzene rings is 3. The fourth-order valence-electron chi connectivity index (χ4n) is 2.98. The molecule has 0 radical (unpaired) electrons. The molecule has 0 aliphatic carbocycles. The first-order valence-electron chi connectivity index (χ1n) is 8.48. The number of rotatable bonds is 6. The number of aryl methyl sites for hydroxylation is 1. The minimum atomic E-state index is -4.08. The molecule has 3 aromatic rings. The van der Waals surface area contributed by atoms with Crippen LogP contribution in [0, 0.1) is 6.92 Å². The van der Waals surface area contributed by atoms with Crippen molar-refractivity contribution in [2.45, 2.75) is 18.7 Å². The standard InChI is InChI=1S/C21H20O6S/c1-13-5-7-15(8-6-13)28(23,24)27-19-12-11-17(25-3)20-16(14(2)22)9-10-18(26-4)21(19)20/h5-12H,1-4H3. The first-order valence-corrected chi connectivity index (χ1v) is 9.89. The highest BCUT2D eigenvalue weighted by Gasteiger charge is 2.23. The predicted molar refractivity (Wildman–Crippen MR) is 106 cm³/mol. The summed E-state index contributed by atoms with van der Waals surface area (Å²) in [5.74, 6) is 0.646. The molecule has 0 atom stereocenters. The van der Waals surface area contributed by atoms with Crippen LogP contribution in [-0.2, 0) is 10.1 Å². The molecule has 6 nitrogen and oxygen atoms in total. The minimum absolute atomic E-state index is 0.0313. The van der Waals surface area contributed by atoms with Crippen LogP contribution in [0.3, 0.4) is 0 Å². The second-order valence-corrected chi connectivity index (χ2v) is 7.78. The lowest BCUT2D eigenvalue weighted by atomic mass is 9.99. The number of ether oxygens (including phenoxy) is 2. The van der Waals surface area contributed by atoms with Gasteiger partial charge in [-0.3, -0.25) is 4.79 Å². The van der Waals surface area contributed by atoms with Crippen molar-refractivity contribution in [2.75, 3.05) is 14.2 Å². The number of methoxy groups -OCH3 is 2. The average Bonchev–Trinajstić information content (AvgIpc) is 2.67. The van der Waals surface area contributed by atoms with Gasteiger partial charge in [-0.1, -0.05) is 17.7 Å². The number of fused-ring (bicyclic) bond motifs is 1. The summed E-state index contributed by atoms with van der Waals surface area (Å²) < 4.78 is 41.8. The molecule has 0 aliphatic rings. The molecule has 0 saturated heterocycles. The first-order chi connectivity index (χ1) is 13.3. The van der Waals surface area contributed by atoms with E-state index < -0.39 is 10.1 Å². The highest BCUT2D eigenvalue weighted by molar-refractivity contribution is 7.87. The number of carbonyl (C=O) groups is 1. The molecule has 0 bridgehead atoms. The lowest BCUT2D eigenvalue weighted by molar-refractivity contribution is 0.101. The fraction of sp³-hybridized carbons (Fsp3) is 0.190. The lowest BCUT2D eigenvalue weighted by Gasteiger charge is -2.16. The van der Waals surface area contributed by atoms with E-state index in [2.05, 4.69) is 0 Å². The highest BCUT2D eigenvalue weighted by atomic mass is 32.2. The summed E-state index contributed by atoms with van der Waals surface area (Å²) in [5, 5.41) is 0.788. The van der Waals surface area contributed by atoms with E-state index in [0.717, 1.165) is 5.56 Å². The lowest BCUT2D eigenvalue weighted by Crippen LogP contribution is -2.10. The van der Waals surface area contributed by atoms with Gasteiger partial charge in [-0.05, 0) is 50.2 Å². The van der Waals surface area contributed by atoms with E-state index in [0.29, 0.717) is 27.8 Å². The van der Waals surface area contributed by atoms with Gasteiger partial charge in [0.05, 0.1) is 19.6 Å². The van der Waals surface area contributed by atoms with E-state index in [4.69, 9.17) is 13.7 Å². The SMILES string of the molecule is COc1ccc(C(C)=O)c2c(OC)ccc(OS(=O)(=O)c3ccc(C)cc3)c12. The zero-order valence-corrected chi connectivity index (χ0v) is 16.8. The number of hydrogen-bond acceptors (Lipinski definition) is 6. The molecule has 0 aliphatic heterocycles. The Bertz CT molecular complexity index is 1150. The van der Waals surface area contributed by atoms with Crippen molar-refractivity contribution in [1.82, 2.24) is 0 Å². The molecule has 146 valence electrons. The molecule has 0 N–H and O–H groups in total. The van der Waals surface area contributed by atoms with Gasteiger partial charge >= 0.3 is 10.1 Å². The first kappa shape index (κ1) is 19.7. The molecule has 0 aromatic heterocycles. The molecule has 0 unspecified atom stereocenters. The van der Waals surface area contributed by atoms with Crippen molar-refractivity contribution in [3.63, 3.8) is 0 Å². The quantitative estimate of drug-likeness (QED) is 0.457. The van der Waals surface area contributed by atoms with Crippen LogP contribution in [0.25, 0.3) is 10.8 Å². The van der Waals surface area contributed by atoms with Gasteiger partial charge in [0.2, 0.25) is 0 Å². The smallest absolute Gasteiger partial charge is 0.339 e. The van der Waals surface area contributed by atoms with Crippen LogP contribution >= 0.6 is 0 Å². The monoisotopic (exact) mass is 400 g/mol. The van der Waals surface area contributed by atoms with E-state index in [1.54, 1.807) is 30.3 Å². The fourth-order valence-corrected chi connectivity index (χ4v) is 3.92. The third-order valence-electron chi connectivity index (χ3n) is 4.37. The van der Waals surface area contributed by atoms with E-state index >= 15 is 0 Å². The molecule has 0 fully saturated rings. The van der Waals surface area contributed by atoms with Crippen molar-refractivity contribution < 1.29 is 26.9 Å². The van der Waals surface area contributed by atoms with Crippen molar-refractivity contribution in [3.8, 4) is 17.2 Å². The van der Waals surface area contributed by atoms with Crippen LogP contribution in [-0.4, -0.2) is 28.4 Å². The summed E-state index contributed by atoms with van der Waals surface area (Å²) in [6, 6.07) is 12.6. The summed E-state index contributed by atoms with van der Waals surface area (Å²) >= 11 is 0. The van der Waals surface area contributed by atoms with Gasteiger partial charge in [0, 0.05) is 10.9 Å². The van der Waals surface area contributed by atoms with E-state index in [1.807, 2.05) is 6.92 Å². The summed E-state index contributed by atoms with van der Waals surface area (Å²) in [6.07, 6.45) is 0. The largest absolute Gasteiger partial charge is 0.496 e. The Hall–Kier alpha value is -3.06. The molecule has 28 heavy (non-hydrogen) atoms. The molecule has 7 heteroatoms. The van der Waals surface area contributed by atoms with Gasteiger partial charge in [0.15, 0.2) is 11.5 Å². The second-order valence-electron chi connectivity index (χ2n) is 6.24. The molecule has 0 heterocycles. The third-order valence-corrected chi connectivity index (χ3v) is 5.62. The maximum atomic E-state index is 12.8. The molecule has 0 spiro atoms. The van der Waals surface area contributed by atoms with Crippen LogP contribution in [0.15, 0.2) is 53.4 Å². The topological polar surface area (TPSA) is 78.9 Å². The number of hydrogen-bond donors (Lipinski definition) is 0. The van der Waals surface area contributed by atoms with Crippen molar-refractivity contribution in [1.29, 1.82) is 0 Å². The number of ketones is 1. The van der Waals surface area contributed by atoms with Crippen LogP contribution in [0.4, 0.5) is 0 Å². The number of Topliss-reactive ketones (excluding diaryl/α,β-unsaturated/α-hetero) is 1. The molecule has 0 saturated carbocycles. The van der Waals surface area contributed by atoms with E-state index in [1.165, 1.54) is 39.3 Å². The zero-order valence-electron chi connectivity index (χ0n) is 16.0. The van der Waals surface area contributed by atoms with Crippen molar-refractivity contribution in [3.05, 3.63) is 59.7 Å².